The predicted molar refractivity (Wildman–Crippen MR) is 64.2 cm³/mol. The first-order valence-electron chi connectivity index (χ1n) is 5.18. The third-order valence-electron chi connectivity index (χ3n) is 2.62. The highest BCUT2D eigenvalue weighted by molar-refractivity contribution is 5.50. The number of ether oxygens (including phenoxy) is 1. The number of nitrogens with two attached hydrogens (primary N) is 1. The second kappa shape index (κ2) is 5.73. The van der Waals surface area contributed by atoms with E-state index in [0.29, 0.717) is 6.54 Å². The first-order valence-corrected chi connectivity index (χ1v) is 5.18. The van der Waals surface area contributed by atoms with Crippen molar-refractivity contribution in [3.8, 4) is 0 Å². The molecule has 0 unspecified atom stereocenters. The normalized spacial score (nSPS) is 10.4. The molecule has 0 spiro atoms. The summed E-state index contributed by atoms with van der Waals surface area (Å²) in [7, 11) is 3.78. The second-order valence-corrected chi connectivity index (χ2v) is 3.73. The monoisotopic (exact) mass is 208 g/mol. The lowest BCUT2D eigenvalue weighted by atomic mass is 10.1. The summed E-state index contributed by atoms with van der Waals surface area (Å²) in [5.41, 5.74) is 9.29. The van der Waals surface area contributed by atoms with Gasteiger partial charge in [0.1, 0.15) is 0 Å². The van der Waals surface area contributed by atoms with Crippen molar-refractivity contribution in [1.82, 2.24) is 0 Å². The molecule has 84 valence electrons. The highest BCUT2D eigenvalue weighted by Crippen LogP contribution is 2.17. The second-order valence-electron chi connectivity index (χ2n) is 3.73. The number of methoxy groups -OCH3 is 1. The van der Waals surface area contributed by atoms with E-state index in [9.17, 15) is 0 Å². The van der Waals surface area contributed by atoms with E-state index in [1.807, 2.05) is 0 Å². The van der Waals surface area contributed by atoms with Crippen molar-refractivity contribution < 1.29 is 4.74 Å². The van der Waals surface area contributed by atoms with E-state index < -0.39 is 0 Å². The summed E-state index contributed by atoms with van der Waals surface area (Å²) in [5.74, 6) is 0. The van der Waals surface area contributed by atoms with Gasteiger partial charge in [0.15, 0.2) is 0 Å². The summed E-state index contributed by atoms with van der Waals surface area (Å²) in [6, 6.07) is 6.36. The molecule has 0 saturated heterocycles. The van der Waals surface area contributed by atoms with Crippen LogP contribution in [0.5, 0.6) is 0 Å². The zero-order valence-corrected chi connectivity index (χ0v) is 9.79. The first kappa shape index (κ1) is 12.0. The highest BCUT2D eigenvalue weighted by atomic mass is 16.5. The Morgan fingerprint density at radius 3 is 2.67 bits per heavy atom. The van der Waals surface area contributed by atoms with Gasteiger partial charge in [0.05, 0.1) is 6.61 Å². The van der Waals surface area contributed by atoms with Crippen molar-refractivity contribution in [3.63, 3.8) is 0 Å². The van der Waals surface area contributed by atoms with Gasteiger partial charge in [0.2, 0.25) is 0 Å². The van der Waals surface area contributed by atoms with Gasteiger partial charge in [-0.15, -0.1) is 0 Å². The SMILES string of the molecule is COCCN(C)c1ccc(CN)c(C)c1. The third-order valence-corrected chi connectivity index (χ3v) is 2.62. The standard InChI is InChI=1S/C12H20N2O/c1-10-8-12(5-4-11(10)9-13)14(2)6-7-15-3/h4-5,8H,6-7,9,13H2,1-3H3. The molecule has 0 atom stereocenters. The van der Waals surface area contributed by atoms with E-state index in [1.165, 1.54) is 16.8 Å². The van der Waals surface area contributed by atoms with Crippen LogP contribution in [0.4, 0.5) is 5.69 Å². The number of rotatable bonds is 5. The quantitative estimate of drug-likeness (QED) is 0.797. The van der Waals surface area contributed by atoms with Gasteiger partial charge in [-0.25, -0.2) is 0 Å². The summed E-state index contributed by atoms with van der Waals surface area (Å²) in [6.45, 7) is 4.34. The Bertz CT molecular complexity index is 312. The molecule has 2 N–H and O–H groups in total. The van der Waals surface area contributed by atoms with Gasteiger partial charge in [-0.2, -0.15) is 0 Å². The Balaban J connectivity index is 2.73. The molecule has 1 rings (SSSR count). The number of nitrogens with zero attached hydrogens (tertiary/aromatic N) is 1. The zero-order valence-electron chi connectivity index (χ0n) is 9.79. The van der Waals surface area contributed by atoms with E-state index in [2.05, 4.69) is 37.1 Å². The molecule has 0 amide bonds. The number of benzene rings is 1. The topological polar surface area (TPSA) is 38.5 Å². The molecule has 0 fully saturated rings. The minimum absolute atomic E-state index is 0.605. The smallest absolute Gasteiger partial charge is 0.0637 e. The predicted octanol–water partition coefficient (Wildman–Crippen LogP) is 1.54. The van der Waals surface area contributed by atoms with Gasteiger partial charge in [0, 0.05) is 32.9 Å². The van der Waals surface area contributed by atoms with Crippen LogP contribution in [-0.4, -0.2) is 27.3 Å². The molecule has 1 aromatic carbocycles. The summed E-state index contributed by atoms with van der Waals surface area (Å²) < 4.78 is 5.05. The van der Waals surface area contributed by atoms with Gasteiger partial charge in [-0.1, -0.05) is 6.07 Å². The van der Waals surface area contributed by atoms with Crippen LogP contribution < -0.4 is 10.6 Å². The van der Waals surface area contributed by atoms with Gasteiger partial charge < -0.3 is 15.4 Å². The maximum absolute atomic E-state index is 5.62. The number of likely N-dealkylation sites (N-methyl/N-ethyl adjacent to an activating group) is 1. The van der Waals surface area contributed by atoms with Crippen LogP contribution in [0.1, 0.15) is 11.1 Å². The average molecular weight is 208 g/mol. The number of hydrogen-bond acceptors (Lipinski definition) is 3. The van der Waals surface area contributed by atoms with Crippen molar-refractivity contribution in [2.24, 2.45) is 5.73 Å². The Morgan fingerprint density at radius 1 is 1.40 bits per heavy atom. The lowest BCUT2D eigenvalue weighted by Crippen LogP contribution is -2.22. The van der Waals surface area contributed by atoms with Crippen LogP contribution in [0, 0.1) is 6.92 Å². The van der Waals surface area contributed by atoms with Crippen molar-refractivity contribution in [1.29, 1.82) is 0 Å². The van der Waals surface area contributed by atoms with Crippen molar-refractivity contribution in [2.45, 2.75) is 13.5 Å². The molecular formula is C12H20N2O. The van der Waals surface area contributed by atoms with Crippen molar-refractivity contribution in [2.75, 3.05) is 32.2 Å². The van der Waals surface area contributed by atoms with E-state index in [0.717, 1.165) is 13.2 Å². The summed E-state index contributed by atoms with van der Waals surface area (Å²) in [5, 5.41) is 0. The molecule has 3 nitrogen and oxygen atoms in total. The van der Waals surface area contributed by atoms with Gasteiger partial charge in [0.25, 0.3) is 0 Å². The minimum Gasteiger partial charge on any atom is -0.383 e. The Labute approximate surface area is 91.8 Å². The van der Waals surface area contributed by atoms with Crippen LogP contribution in [0.15, 0.2) is 18.2 Å². The van der Waals surface area contributed by atoms with Crippen LogP contribution in [0.3, 0.4) is 0 Å². The average Bonchev–Trinajstić information content (AvgIpc) is 2.25. The lowest BCUT2D eigenvalue weighted by molar-refractivity contribution is 0.206. The molecule has 3 heteroatoms. The molecule has 1 aromatic rings. The number of aryl methyl sites for hydroxylation is 1. The van der Waals surface area contributed by atoms with E-state index >= 15 is 0 Å². The number of hydrogen-bond donors (Lipinski definition) is 1. The van der Waals surface area contributed by atoms with E-state index in [-0.39, 0.29) is 0 Å². The van der Waals surface area contributed by atoms with Gasteiger partial charge in [-0.3, -0.25) is 0 Å². The molecule has 0 bridgehead atoms. The first-order chi connectivity index (χ1) is 7.19. The van der Waals surface area contributed by atoms with Gasteiger partial charge >= 0.3 is 0 Å². The Morgan fingerprint density at radius 2 is 2.13 bits per heavy atom. The van der Waals surface area contributed by atoms with Crippen molar-refractivity contribution >= 4 is 5.69 Å². The maximum atomic E-state index is 5.62. The molecule has 0 heterocycles. The molecule has 15 heavy (non-hydrogen) atoms. The highest BCUT2D eigenvalue weighted by Gasteiger charge is 2.02. The van der Waals surface area contributed by atoms with E-state index in [4.69, 9.17) is 10.5 Å². The van der Waals surface area contributed by atoms with E-state index in [1.54, 1.807) is 7.11 Å². The Hall–Kier alpha value is -1.06. The molecule has 0 aliphatic heterocycles. The van der Waals surface area contributed by atoms with Crippen LogP contribution >= 0.6 is 0 Å². The van der Waals surface area contributed by atoms with Crippen LogP contribution in [0.2, 0.25) is 0 Å². The fraction of sp³-hybridized carbons (Fsp3) is 0.500. The van der Waals surface area contributed by atoms with Crippen LogP contribution in [0.25, 0.3) is 0 Å². The summed E-state index contributed by atoms with van der Waals surface area (Å²) in [4.78, 5) is 2.18. The summed E-state index contributed by atoms with van der Waals surface area (Å²) >= 11 is 0. The Kier molecular flexibility index (Phi) is 4.59. The van der Waals surface area contributed by atoms with Crippen molar-refractivity contribution in [3.05, 3.63) is 29.3 Å². The molecule has 0 aliphatic rings. The molecular weight excluding hydrogens is 188 g/mol. The molecule has 0 radical (unpaired) electrons. The lowest BCUT2D eigenvalue weighted by Gasteiger charge is -2.20. The third kappa shape index (κ3) is 3.22. The number of anilines is 1. The fourth-order valence-corrected chi connectivity index (χ4v) is 1.50. The summed E-state index contributed by atoms with van der Waals surface area (Å²) in [6.07, 6.45) is 0. The largest absolute Gasteiger partial charge is 0.383 e. The maximum Gasteiger partial charge on any atom is 0.0637 e. The zero-order chi connectivity index (χ0) is 11.3. The van der Waals surface area contributed by atoms with Gasteiger partial charge in [-0.05, 0) is 30.2 Å². The van der Waals surface area contributed by atoms with Crippen LogP contribution in [-0.2, 0) is 11.3 Å². The fourth-order valence-electron chi connectivity index (χ4n) is 1.50. The minimum atomic E-state index is 0.605. The molecule has 0 saturated carbocycles. The molecule has 0 aliphatic carbocycles. The molecule has 0 aromatic heterocycles.